The maximum absolute atomic E-state index is 4.68. The van der Waals surface area contributed by atoms with Crippen molar-refractivity contribution in [1.29, 1.82) is 0 Å². The molecule has 0 saturated heterocycles. The fraction of sp³-hybridized carbons (Fsp3) is 0.286. The molecule has 3 aromatic rings. The Hall–Kier alpha value is -2.95. The van der Waals surface area contributed by atoms with Gasteiger partial charge in [-0.1, -0.05) is 54.6 Å². The highest BCUT2D eigenvalue weighted by molar-refractivity contribution is 5.41. The van der Waals surface area contributed by atoms with E-state index in [1.807, 2.05) is 30.3 Å². The van der Waals surface area contributed by atoms with Gasteiger partial charge in [0.15, 0.2) is 5.82 Å². The number of benzene rings is 2. The average Bonchev–Trinajstić information content (AvgIpc) is 2.66. The van der Waals surface area contributed by atoms with Crippen molar-refractivity contribution in [3.8, 4) is 0 Å². The minimum Gasteiger partial charge on any atom is -0.365 e. The molecule has 0 radical (unpaired) electrons. The largest absolute Gasteiger partial charge is 0.365 e. The molecule has 0 amide bonds. The van der Waals surface area contributed by atoms with Gasteiger partial charge in [-0.15, -0.1) is 5.10 Å². The lowest BCUT2D eigenvalue weighted by atomic mass is 10.1. The van der Waals surface area contributed by atoms with Crippen LogP contribution in [0.25, 0.3) is 0 Å². The number of rotatable bonds is 7. The molecule has 5 nitrogen and oxygen atoms in total. The van der Waals surface area contributed by atoms with Gasteiger partial charge < -0.3 is 10.2 Å². The minimum absolute atomic E-state index is 0.267. The van der Waals surface area contributed by atoms with Crippen molar-refractivity contribution < 1.29 is 0 Å². The fourth-order valence-electron chi connectivity index (χ4n) is 2.76. The number of aryl methyl sites for hydroxylation is 1. The van der Waals surface area contributed by atoms with Gasteiger partial charge in [0, 0.05) is 19.1 Å². The van der Waals surface area contributed by atoms with E-state index in [1.165, 1.54) is 16.7 Å². The van der Waals surface area contributed by atoms with Gasteiger partial charge >= 0.3 is 0 Å². The Kier molecular flexibility index (Phi) is 5.79. The summed E-state index contributed by atoms with van der Waals surface area (Å²) in [6, 6.07) is 18.9. The molecule has 1 heterocycles. The van der Waals surface area contributed by atoms with Crippen molar-refractivity contribution in [1.82, 2.24) is 15.2 Å². The second kappa shape index (κ2) is 8.43. The van der Waals surface area contributed by atoms with Crippen LogP contribution in [0.15, 0.2) is 60.8 Å². The zero-order chi connectivity index (χ0) is 18.4. The van der Waals surface area contributed by atoms with Gasteiger partial charge in [-0.05, 0) is 37.5 Å². The number of hydrogen-bond donors (Lipinski definition) is 1. The molecule has 0 unspecified atom stereocenters. The van der Waals surface area contributed by atoms with Gasteiger partial charge in [-0.25, -0.2) is 0 Å². The lowest BCUT2D eigenvalue weighted by Crippen LogP contribution is -2.32. The van der Waals surface area contributed by atoms with Crippen molar-refractivity contribution in [2.24, 2.45) is 0 Å². The monoisotopic (exact) mass is 347 g/mol. The summed E-state index contributed by atoms with van der Waals surface area (Å²) >= 11 is 0. The normalized spacial score (nSPS) is 10.8. The predicted molar refractivity (Wildman–Crippen MR) is 106 cm³/mol. The van der Waals surface area contributed by atoms with E-state index in [1.54, 1.807) is 6.20 Å². The Balaban J connectivity index is 1.75. The Morgan fingerprint density at radius 3 is 2.46 bits per heavy atom. The summed E-state index contributed by atoms with van der Waals surface area (Å²) in [7, 11) is 0. The Morgan fingerprint density at radius 1 is 1.00 bits per heavy atom. The van der Waals surface area contributed by atoms with Crippen LogP contribution in [-0.2, 0) is 13.1 Å². The summed E-state index contributed by atoms with van der Waals surface area (Å²) < 4.78 is 0. The van der Waals surface area contributed by atoms with Gasteiger partial charge in [0.1, 0.15) is 0 Å². The SMILES string of the molecule is Cc1ccccc1CNc1cnnc(N(Cc2ccccc2)C(C)C)n1. The van der Waals surface area contributed by atoms with E-state index < -0.39 is 0 Å². The van der Waals surface area contributed by atoms with E-state index >= 15 is 0 Å². The third kappa shape index (κ3) is 4.57. The topological polar surface area (TPSA) is 53.9 Å². The Bertz CT molecular complexity index is 833. The molecule has 1 N–H and O–H groups in total. The molecule has 26 heavy (non-hydrogen) atoms. The second-order valence-electron chi connectivity index (χ2n) is 6.63. The van der Waals surface area contributed by atoms with Crippen LogP contribution in [0, 0.1) is 6.92 Å². The lowest BCUT2D eigenvalue weighted by Gasteiger charge is -2.26. The number of nitrogens with zero attached hydrogens (tertiary/aromatic N) is 4. The van der Waals surface area contributed by atoms with Gasteiger partial charge in [-0.3, -0.25) is 0 Å². The van der Waals surface area contributed by atoms with E-state index in [0.717, 1.165) is 12.4 Å². The Labute approximate surface area is 155 Å². The molecule has 2 aromatic carbocycles. The maximum Gasteiger partial charge on any atom is 0.247 e. The first-order valence-electron chi connectivity index (χ1n) is 8.92. The third-order valence-corrected chi connectivity index (χ3v) is 4.34. The quantitative estimate of drug-likeness (QED) is 0.694. The van der Waals surface area contributed by atoms with E-state index in [9.17, 15) is 0 Å². The summed E-state index contributed by atoms with van der Waals surface area (Å²) in [5, 5.41) is 11.8. The third-order valence-electron chi connectivity index (χ3n) is 4.34. The van der Waals surface area contributed by atoms with Crippen LogP contribution in [-0.4, -0.2) is 21.2 Å². The summed E-state index contributed by atoms with van der Waals surface area (Å²) in [5.74, 6) is 1.37. The number of hydrogen-bond acceptors (Lipinski definition) is 5. The van der Waals surface area contributed by atoms with Crippen molar-refractivity contribution in [3.63, 3.8) is 0 Å². The molecule has 0 aliphatic rings. The molecular weight excluding hydrogens is 322 g/mol. The molecule has 0 saturated carbocycles. The minimum atomic E-state index is 0.267. The molecule has 5 heteroatoms. The molecule has 0 aliphatic heterocycles. The van der Waals surface area contributed by atoms with Crippen LogP contribution in [0.5, 0.6) is 0 Å². The molecule has 0 spiro atoms. The molecule has 0 atom stereocenters. The highest BCUT2D eigenvalue weighted by atomic mass is 15.3. The smallest absolute Gasteiger partial charge is 0.247 e. The van der Waals surface area contributed by atoms with Gasteiger partial charge in [0.05, 0.1) is 6.20 Å². The van der Waals surface area contributed by atoms with Crippen molar-refractivity contribution >= 4 is 11.8 Å². The van der Waals surface area contributed by atoms with Gasteiger partial charge in [0.2, 0.25) is 5.95 Å². The maximum atomic E-state index is 4.68. The molecule has 0 fully saturated rings. The predicted octanol–water partition coefficient (Wildman–Crippen LogP) is 4.21. The molecular formula is C21H25N5. The van der Waals surface area contributed by atoms with E-state index in [2.05, 4.69) is 70.4 Å². The summed E-state index contributed by atoms with van der Waals surface area (Å²) in [4.78, 5) is 6.83. The molecule has 1 aromatic heterocycles. The standard InChI is InChI=1S/C21H25N5/c1-16(2)26(15-18-10-5-4-6-11-18)21-24-20(14-23-25-21)22-13-19-12-8-7-9-17(19)3/h4-12,14,16H,13,15H2,1-3H3,(H,22,24,25). The van der Waals surface area contributed by atoms with E-state index in [4.69, 9.17) is 0 Å². The summed E-state index contributed by atoms with van der Waals surface area (Å²) in [5.41, 5.74) is 3.73. The Morgan fingerprint density at radius 2 is 1.73 bits per heavy atom. The zero-order valence-electron chi connectivity index (χ0n) is 15.6. The lowest BCUT2D eigenvalue weighted by molar-refractivity contribution is 0.652. The molecule has 3 rings (SSSR count). The van der Waals surface area contributed by atoms with E-state index in [-0.39, 0.29) is 6.04 Å². The fourth-order valence-corrected chi connectivity index (χ4v) is 2.76. The first-order valence-corrected chi connectivity index (χ1v) is 8.92. The first-order chi connectivity index (χ1) is 12.6. The average molecular weight is 347 g/mol. The van der Waals surface area contributed by atoms with Crippen LogP contribution in [0.2, 0.25) is 0 Å². The van der Waals surface area contributed by atoms with Crippen LogP contribution < -0.4 is 10.2 Å². The molecule has 0 aliphatic carbocycles. The van der Waals surface area contributed by atoms with Crippen LogP contribution in [0.1, 0.15) is 30.5 Å². The molecule has 0 bridgehead atoms. The molecule has 134 valence electrons. The summed E-state index contributed by atoms with van der Waals surface area (Å²) in [6.45, 7) is 7.85. The van der Waals surface area contributed by atoms with Crippen molar-refractivity contribution in [3.05, 3.63) is 77.5 Å². The summed E-state index contributed by atoms with van der Waals surface area (Å²) in [6.07, 6.45) is 1.67. The number of nitrogens with one attached hydrogen (secondary N) is 1. The first kappa shape index (κ1) is 17.9. The van der Waals surface area contributed by atoms with Crippen LogP contribution in [0.3, 0.4) is 0 Å². The van der Waals surface area contributed by atoms with Gasteiger partial charge in [-0.2, -0.15) is 10.1 Å². The van der Waals surface area contributed by atoms with Crippen molar-refractivity contribution in [2.75, 3.05) is 10.2 Å². The van der Waals surface area contributed by atoms with E-state index in [0.29, 0.717) is 12.5 Å². The van der Waals surface area contributed by atoms with Crippen molar-refractivity contribution in [2.45, 2.75) is 39.9 Å². The highest BCUT2D eigenvalue weighted by Crippen LogP contribution is 2.17. The highest BCUT2D eigenvalue weighted by Gasteiger charge is 2.15. The number of anilines is 2. The zero-order valence-corrected chi connectivity index (χ0v) is 15.6. The van der Waals surface area contributed by atoms with Gasteiger partial charge in [0.25, 0.3) is 0 Å². The second-order valence-corrected chi connectivity index (χ2v) is 6.63. The number of aromatic nitrogens is 3. The van der Waals surface area contributed by atoms with Crippen LogP contribution >= 0.6 is 0 Å². The van der Waals surface area contributed by atoms with Crippen LogP contribution in [0.4, 0.5) is 11.8 Å².